The van der Waals surface area contributed by atoms with Crippen LogP contribution in [0.5, 0.6) is 0 Å². The molecule has 0 atom stereocenters. The van der Waals surface area contributed by atoms with Crippen molar-refractivity contribution in [3.63, 3.8) is 0 Å². The first-order valence-corrected chi connectivity index (χ1v) is 8.71. The molecule has 0 radical (unpaired) electrons. The molecule has 1 aliphatic rings. The van der Waals surface area contributed by atoms with Crippen LogP contribution in [0.1, 0.15) is 66.6 Å². The Morgan fingerprint density at radius 3 is 2.30 bits per heavy atom. The summed E-state index contributed by atoms with van der Waals surface area (Å²) >= 11 is 0. The molecule has 1 saturated heterocycles. The quantitative estimate of drug-likeness (QED) is 0.641. The Balaban J connectivity index is 2.07. The highest BCUT2D eigenvalue weighted by Crippen LogP contribution is 2.38. The number of hydroxylamine groups is 1. The molecular weight excluding hydrogens is 288 g/mol. The van der Waals surface area contributed by atoms with Gasteiger partial charge in [0.05, 0.1) is 0 Å². The van der Waals surface area contributed by atoms with Crippen LogP contribution in [0.4, 0.5) is 0 Å². The SMILES string of the molecule is CCC1(CC)CCN(Cc2cc(C)c(C(=O)NO)cc2C)CC1. The van der Waals surface area contributed by atoms with Crippen molar-refractivity contribution < 1.29 is 10.0 Å². The van der Waals surface area contributed by atoms with Gasteiger partial charge in [-0.05, 0) is 68.0 Å². The third-order valence-electron chi connectivity index (χ3n) is 5.84. The van der Waals surface area contributed by atoms with Gasteiger partial charge in [0, 0.05) is 12.1 Å². The molecule has 0 bridgehead atoms. The lowest BCUT2D eigenvalue weighted by Crippen LogP contribution is -2.39. The van der Waals surface area contributed by atoms with E-state index in [2.05, 4.69) is 24.8 Å². The number of nitrogens with zero attached hydrogens (tertiary/aromatic N) is 1. The molecule has 128 valence electrons. The van der Waals surface area contributed by atoms with Crippen molar-refractivity contribution in [2.75, 3.05) is 13.1 Å². The van der Waals surface area contributed by atoms with Crippen molar-refractivity contribution in [2.24, 2.45) is 5.41 Å². The van der Waals surface area contributed by atoms with Crippen LogP contribution in [0.25, 0.3) is 0 Å². The average Bonchev–Trinajstić information content (AvgIpc) is 2.58. The number of carbonyl (C=O) groups is 1. The molecule has 0 saturated carbocycles. The van der Waals surface area contributed by atoms with Gasteiger partial charge in [0.1, 0.15) is 0 Å². The van der Waals surface area contributed by atoms with Crippen LogP contribution in [0.3, 0.4) is 0 Å². The van der Waals surface area contributed by atoms with Gasteiger partial charge in [0.2, 0.25) is 0 Å². The number of nitrogens with one attached hydrogen (secondary N) is 1. The molecule has 1 aromatic carbocycles. The number of hydrogen-bond donors (Lipinski definition) is 2. The predicted molar refractivity (Wildman–Crippen MR) is 92.7 cm³/mol. The van der Waals surface area contributed by atoms with Gasteiger partial charge in [-0.3, -0.25) is 14.9 Å². The summed E-state index contributed by atoms with van der Waals surface area (Å²) in [7, 11) is 0. The van der Waals surface area contributed by atoms with Crippen molar-refractivity contribution in [3.8, 4) is 0 Å². The second-order valence-electron chi connectivity index (χ2n) is 7.02. The van der Waals surface area contributed by atoms with Crippen LogP contribution >= 0.6 is 0 Å². The molecule has 0 aromatic heterocycles. The minimum Gasteiger partial charge on any atom is -0.299 e. The largest absolute Gasteiger partial charge is 0.299 e. The third-order valence-corrected chi connectivity index (χ3v) is 5.84. The van der Waals surface area contributed by atoms with E-state index in [1.807, 2.05) is 19.9 Å². The van der Waals surface area contributed by atoms with Crippen LogP contribution in [0.2, 0.25) is 0 Å². The molecule has 23 heavy (non-hydrogen) atoms. The fourth-order valence-corrected chi connectivity index (χ4v) is 3.73. The van der Waals surface area contributed by atoms with Gasteiger partial charge in [0.15, 0.2) is 0 Å². The zero-order valence-electron chi connectivity index (χ0n) is 14.9. The van der Waals surface area contributed by atoms with E-state index in [-0.39, 0.29) is 0 Å². The van der Waals surface area contributed by atoms with Gasteiger partial charge < -0.3 is 0 Å². The van der Waals surface area contributed by atoms with Crippen LogP contribution in [0.15, 0.2) is 12.1 Å². The first kappa shape index (κ1) is 18.0. The fraction of sp³-hybridized carbons (Fsp3) is 0.632. The van der Waals surface area contributed by atoms with Crippen molar-refractivity contribution in [1.29, 1.82) is 0 Å². The number of benzene rings is 1. The first-order valence-electron chi connectivity index (χ1n) is 8.71. The van der Waals surface area contributed by atoms with Crippen LogP contribution in [0, 0.1) is 19.3 Å². The lowest BCUT2D eigenvalue weighted by Gasteiger charge is -2.41. The molecular formula is C19H30N2O2. The van der Waals surface area contributed by atoms with Gasteiger partial charge in [-0.25, -0.2) is 5.48 Å². The Morgan fingerprint density at radius 2 is 1.78 bits per heavy atom. The second kappa shape index (κ2) is 7.45. The van der Waals surface area contributed by atoms with Gasteiger partial charge in [-0.1, -0.05) is 32.8 Å². The van der Waals surface area contributed by atoms with E-state index in [1.54, 1.807) is 5.48 Å². The lowest BCUT2D eigenvalue weighted by molar-refractivity contribution is 0.0705. The summed E-state index contributed by atoms with van der Waals surface area (Å²) in [5.74, 6) is -0.439. The van der Waals surface area contributed by atoms with Gasteiger partial charge >= 0.3 is 0 Å². The fourth-order valence-electron chi connectivity index (χ4n) is 3.73. The van der Waals surface area contributed by atoms with E-state index in [1.165, 1.54) is 31.2 Å². The average molecular weight is 318 g/mol. The van der Waals surface area contributed by atoms with Gasteiger partial charge in [-0.15, -0.1) is 0 Å². The third kappa shape index (κ3) is 3.93. The molecule has 1 aliphatic heterocycles. The van der Waals surface area contributed by atoms with E-state index in [0.717, 1.165) is 30.8 Å². The summed E-state index contributed by atoms with van der Waals surface area (Å²) in [5.41, 5.74) is 6.11. The molecule has 0 unspecified atom stereocenters. The van der Waals surface area contributed by atoms with E-state index < -0.39 is 5.91 Å². The number of rotatable bonds is 5. The minimum atomic E-state index is -0.439. The predicted octanol–water partition coefficient (Wildman–Crippen LogP) is 3.82. The lowest BCUT2D eigenvalue weighted by atomic mass is 9.74. The normalized spacial score (nSPS) is 18.0. The topological polar surface area (TPSA) is 52.6 Å². The highest BCUT2D eigenvalue weighted by Gasteiger charge is 2.31. The van der Waals surface area contributed by atoms with Crippen LogP contribution in [-0.2, 0) is 6.54 Å². The summed E-state index contributed by atoms with van der Waals surface area (Å²) in [6, 6.07) is 3.96. The first-order chi connectivity index (χ1) is 10.9. The monoisotopic (exact) mass is 318 g/mol. The van der Waals surface area contributed by atoms with Crippen molar-refractivity contribution in [3.05, 3.63) is 34.4 Å². The van der Waals surface area contributed by atoms with E-state index in [9.17, 15) is 4.79 Å². The molecule has 2 N–H and O–H groups in total. The second-order valence-corrected chi connectivity index (χ2v) is 7.02. The maximum Gasteiger partial charge on any atom is 0.274 e. The van der Waals surface area contributed by atoms with Gasteiger partial charge in [-0.2, -0.15) is 0 Å². The Hall–Kier alpha value is -1.39. The van der Waals surface area contributed by atoms with Crippen LogP contribution < -0.4 is 5.48 Å². The number of piperidine rings is 1. The standard InChI is InChI=1S/C19H30N2O2/c1-5-19(6-2)7-9-21(10-8-19)13-16-11-15(4)17(12-14(16)3)18(22)20-23/h11-12,23H,5-10,13H2,1-4H3,(H,20,22). The summed E-state index contributed by atoms with van der Waals surface area (Å²) in [6.45, 7) is 11.8. The highest BCUT2D eigenvalue weighted by molar-refractivity contribution is 5.95. The Labute approximate surface area is 139 Å². The van der Waals surface area contributed by atoms with E-state index in [4.69, 9.17) is 5.21 Å². The molecule has 1 fully saturated rings. The molecule has 1 heterocycles. The highest BCUT2D eigenvalue weighted by atomic mass is 16.5. The Kier molecular flexibility index (Phi) is 5.82. The van der Waals surface area contributed by atoms with Gasteiger partial charge in [0.25, 0.3) is 5.91 Å². The van der Waals surface area contributed by atoms with Crippen molar-refractivity contribution in [1.82, 2.24) is 10.4 Å². The number of carbonyl (C=O) groups excluding carboxylic acids is 1. The maximum atomic E-state index is 11.7. The number of likely N-dealkylation sites (tertiary alicyclic amines) is 1. The molecule has 1 amide bonds. The summed E-state index contributed by atoms with van der Waals surface area (Å²) < 4.78 is 0. The number of aryl methyl sites for hydroxylation is 2. The Bertz CT molecular complexity index is 555. The molecule has 4 heteroatoms. The van der Waals surface area contributed by atoms with Crippen LogP contribution in [-0.4, -0.2) is 29.1 Å². The summed E-state index contributed by atoms with van der Waals surface area (Å²) in [6.07, 6.45) is 5.12. The molecule has 0 spiro atoms. The smallest absolute Gasteiger partial charge is 0.274 e. The Morgan fingerprint density at radius 1 is 1.17 bits per heavy atom. The van der Waals surface area contributed by atoms with E-state index in [0.29, 0.717) is 11.0 Å². The summed E-state index contributed by atoms with van der Waals surface area (Å²) in [4.78, 5) is 14.2. The number of hydrogen-bond acceptors (Lipinski definition) is 3. The van der Waals surface area contributed by atoms with Crippen molar-refractivity contribution >= 4 is 5.91 Å². The molecule has 4 nitrogen and oxygen atoms in total. The molecule has 2 rings (SSSR count). The summed E-state index contributed by atoms with van der Waals surface area (Å²) in [5, 5.41) is 8.82. The minimum absolute atomic E-state index is 0.439. The van der Waals surface area contributed by atoms with E-state index >= 15 is 0 Å². The molecule has 1 aromatic rings. The number of amides is 1. The van der Waals surface area contributed by atoms with Crippen molar-refractivity contribution in [2.45, 2.75) is 59.9 Å². The zero-order valence-corrected chi connectivity index (χ0v) is 14.9. The maximum absolute atomic E-state index is 11.7. The molecule has 0 aliphatic carbocycles. The zero-order chi connectivity index (χ0) is 17.0.